The summed E-state index contributed by atoms with van der Waals surface area (Å²) in [6.07, 6.45) is 0. The monoisotopic (exact) mass is 347 g/mol. The normalized spacial score (nSPS) is 13.4. The minimum absolute atomic E-state index is 0.147. The predicted octanol–water partition coefficient (Wildman–Crippen LogP) is 3.69. The predicted molar refractivity (Wildman–Crippen MR) is 84.5 cm³/mol. The molecule has 0 bridgehead atoms. The summed E-state index contributed by atoms with van der Waals surface area (Å²) in [6, 6.07) is 17.9. The molecule has 0 unspecified atom stereocenters. The number of ketones is 1. The van der Waals surface area contributed by atoms with E-state index >= 15 is 0 Å². The van der Waals surface area contributed by atoms with E-state index in [1.165, 1.54) is 0 Å². The Bertz CT molecular complexity index is 616. The molecule has 108 valence electrons. The highest BCUT2D eigenvalue weighted by Gasteiger charge is 2.31. The molecule has 0 saturated carbocycles. The van der Waals surface area contributed by atoms with Gasteiger partial charge in [0.15, 0.2) is 5.78 Å². The maximum Gasteiger partial charge on any atom is 0.212 e. The second-order valence-electron chi connectivity index (χ2n) is 4.66. The minimum Gasteiger partial charge on any atom is -0.293 e. The molecule has 0 aliphatic carbocycles. The molecule has 2 atom stereocenters. The highest BCUT2D eigenvalue weighted by molar-refractivity contribution is 9.10. The molecule has 0 fully saturated rings. The molecule has 0 amide bonds. The summed E-state index contributed by atoms with van der Waals surface area (Å²) in [5.41, 5.74) is 1.32. The molecule has 4 nitrogen and oxygen atoms in total. The Kier molecular flexibility index (Phi) is 5.22. The fourth-order valence-electron chi connectivity index (χ4n) is 2.17. The van der Waals surface area contributed by atoms with E-state index in [4.69, 9.17) is 0 Å². The van der Waals surface area contributed by atoms with E-state index in [0.29, 0.717) is 5.56 Å². The molecule has 0 radical (unpaired) electrons. The summed E-state index contributed by atoms with van der Waals surface area (Å²) in [5, 5.41) is 10.9. The molecule has 0 saturated heterocycles. The SMILES string of the molecule is O=C(c1ccccc1)[C@@H](Br)[C@@H](C[N+](=O)[O-])c1ccccc1. The first kappa shape index (κ1) is 15.4. The zero-order valence-electron chi connectivity index (χ0n) is 11.2. The van der Waals surface area contributed by atoms with Gasteiger partial charge >= 0.3 is 0 Å². The largest absolute Gasteiger partial charge is 0.293 e. The van der Waals surface area contributed by atoms with Gasteiger partial charge in [-0.25, -0.2) is 0 Å². The number of nitro groups is 1. The minimum atomic E-state index is -0.632. The molecule has 0 spiro atoms. The molecule has 21 heavy (non-hydrogen) atoms. The molecule has 0 N–H and O–H groups in total. The van der Waals surface area contributed by atoms with E-state index in [1.54, 1.807) is 36.4 Å². The van der Waals surface area contributed by atoms with E-state index in [2.05, 4.69) is 15.9 Å². The summed E-state index contributed by atoms with van der Waals surface area (Å²) in [5.74, 6) is -0.653. The molecule has 2 aromatic rings. The maximum absolute atomic E-state index is 12.5. The van der Waals surface area contributed by atoms with Gasteiger partial charge < -0.3 is 0 Å². The van der Waals surface area contributed by atoms with Crippen molar-refractivity contribution in [3.05, 3.63) is 81.9 Å². The molecular weight excluding hydrogens is 334 g/mol. The summed E-state index contributed by atoms with van der Waals surface area (Å²) >= 11 is 3.36. The van der Waals surface area contributed by atoms with Gasteiger partial charge in [0.25, 0.3) is 0 Å². The first-order chi connectivity index (χ1) is 10.1. The number of nitrogens with zero attached hydrogens (tertiary/aromatic N) is 1. The van der Waals surface area contributed by atoms with Crippen molar-refractivity contribution in [3.8, 4) is 0 Å². The van der Waals surface area contributed by atoms with Gasteiger partial charge in [0.1, 0.15) is 0 Å². The molecule has 2 aromatic carbocycles. The Balaban J connectivity index is 2.28. The van der Waals surface area contributed by atoms with Gasteiger partial charge in [-0.1, -0.05) is 76.6 Å². The van der Waals surface area contributed by atoms with Gasteiger partial charge in [0.05, 0.1) is 10.7 Å². The van der Waals surface area contributed by atoms with Crippen LogP contribution in [0, 0.1) is 10.1 Å². The first-order valence-corrected chi connectivity index (χ1v) is 7.41. The van der Waals surface area contributed by atoms with Crippen LogP contribution in [0.2, 0.25) is 0 Å². The van der Waals surface area contributed by atoms with Crippen molar-refractivity contribution < 1.29 is 9.72 Å². The van der Waals surface area contributed by atoms with Crippen LogP contribution in [0.25, 0.3) is 0 Å². The van der Waals surface area contributed by atoms with Crippen LogP contribution in [0.15, 0.2) is 60.7 Å². The number of carbonyl (C=O) groups excluding carboxylic acids is 1. The van der Waals surface area contributed by atoms with E-state index in [9.17, 15) is 14.9 Å². The van der Waals surface area contributed by atoms with Gasteiger partial charge in [-0.15, -0.1) is 0 Å². The molecule has 0 aliphatic rings. The summed E-state index contributed by atoms with van der Waals surface area (Å²) in [6.45, 7) is -0.293. The average molecular weight is 348 g/mol. The lowest BCUT2D eigenvalue weighted by molar-refractivity contribution is -0.483. The molecule has 0 aromatic heterocycles. The topological polar surface area (TPSA) is 60.2 Å². The van der Waals surface area contributed by atoms with Crippen LogP contribution in [0.3, 0.4) is 0 Å². The number of carbonyl (C=O) groups is 1. The Hall–Kier alpha value is -2.01. The number of hydrogen-bond acceptors (Lipinski definition) is 3. The Labute approximate surface area is 131 Å². The van der Waals surface area contributed by atoms with E-state index in [1.807, 2.05) is 24.3 Å². The summed E-state index contributed by atoms with van der Waals surface area (Å²) in [7, 11) is 0. The average Bonchev–Trinajstić information content (AvgIpc) is 2.53. The molecule has 5 heteroatoms. The number of alkyl halides is 1. The number of Topliss-reactive ketones (excluding diaryl/α,β-unsaturated/α-hetero) is 1. The fraction of sp³-hybridized carbons (Fsp3) is 0.188. The highest BCUT2D eigenvalue weighted by atomic mass is 79.9. The fourth-order valence-corrected chi connectivity index (χ4v) is 2.91. The molecule has 2 rings (SSSR count). The third-order valence-corrected chi connectivity index (χ3v) is 4.29. The van der Waals surface area contributed by atoms with Gasteiger partial charge in [0.2, 0.25) is 6.54 Å². The highest BCUT2D eigenvalue weighted by Crippen LogP contribution is 2.28. The van der Waals surface area contributed by atoms with Crippen molar-refractivity contribution in [1.29, 1.82) is 0 Å². The van der Waals surface area contributed by atoms with Gasteiger partial charge in [-0.3, -0.25) is 14.9 Å². The number of hydrogen-bond donors (Lipinski definition) is 0. The first-order valence-electron chi connectivity index (χ1n) is 6.49. The van der Waals surface area contributed by atoms with Crippen molar-refractivity contribution in [2.75, 3.05) is 6.54 Å². The third kappa shape index (κ3) is 3.98. The standard InChI is InChI=1S/C16H14BrNO3/c17-15(16(19)13-9-5-2-6-10-13)14(11-18(20)21)12-7-3-1-4-8-12/h1-10,14-15H,11H2/t14-,15-/m0/s1. The second kappa shape index (κ2) is 7.13. The van der Waals surface area contributed by atoms with E-state index < -0.39 is 10.7 Å². The zero-order valence-corrected chi connectivity index (χ0v) is 12.8. The molecule has 0 aliphatic heterocycles. The second-order valence-corrected chi connectivity index (χ2v) is 5.65. The van der Waals surface area contributed by atoms with Gasteiger partial charge in [0, 0.05) is 10.5 Å². The lowest BCUT2D eigenvalue weighted by Gasteiger charge is -2.18. The number of halogens is 1. The van der Waals surface area contributed by atoms with Crippen molar-refractivity contribution in [3.63, 3.8) is 0 Å². The van der Waals surface area contributed by atoms with Crippen LogP contribution in [-0.2, 0) is 0 Å². The van der Waals surface area contributed by atoms with Gasteiger partial charge in [-0.05, 0) is 5.56 Å². The van der Waals surface area contributed by atoms with Crippen molar-refractivity contribution in [2.24, 2.45) is 0 Å². The number of rotatable bonds is 6. The summed E-state index contributed by atoms with van der Waals surface area (Å²) < 4.78 is 0. The van der Waals surface area contributed by atoms with Crippen molar-refractivity contribution >= 4 is 21.7 Å². The van der Waals surface area contributed by atoms with E-state index in [0.717, 1.165) is 5.56 Å². The van der Waals surface area contributed by atoms with Crippen LogP contribution < -0.4 is 0 Å². The zero-order chi connectivity index (χ0) is 15.2. The molecular formula is C16H14BrNO3. The molecule has 0 heterocycles. The van der Waals surface area contributed by atoms with Crippen LogP contribution in [-0.4, -0.2) is 22.1 Å². The quantitative estimate of drug-likeness (QED) is 0.346. The van der Waals surface area contributed by atoms with E-state index in [-0.39, 0.29) is 17.3 Å². The van der Waals surface area contributed by atoms with Crippen molar-refractivity contribution in [2.45, 2.75) is 10.7 Å². The smallest absolute Gasteiger partial charge is 0.212 e. The number of benzene rings is 2. The van der Waals surface area contributed by atoms with Crippen LogP contribution in [0.4, 0.5) is 0 Å². The van der Waals surface area contributed by atoms with Crippen LogP contribution in [0.1, 0.15) is 21.8 Å². The third-order valence-electron chi connectivity index (χ3n) is 3.24. The van der Waals surface area contributed by atoms with Crippen LogP contribution >= 0.6 is 15.9 Å². The lowest BCUT2D eigenvalue weighted by Crippen LogP contribution is -2.28. The van der Waals surface area contributed by atoms with Crippen molar-refractivity contribution in [1.82, 2.24) is 0 Å². The summed E-state index contributed by atoms with van der Waals surface area (Å²) in [4.78, 5) is 22.4. The van der Waals surface area contributed by atoms with Gasteiger partial charge in [-0.2, -0.15) is 0 Å². The Morgan fingerprint density at radius 1 is 1.05 bits per heavy atom. The lowest BCUT2D eigenvalue weighted by atomic mass is 9.91. The Morgan fingerprint density at radius 3 is 2.10 bits per heavy atom. The van der Waals surface area contributed by atoms with Crippen LogP contribution in [0.5, 0.6) is 0 Å². The Morgan fingerprint density at radius 2 is 1.57 bits per heavy atom. The maximum atomic E-state index is 12.5.